The van der Waals surface area contributed by atoms with Crippen LogP contribution in [0.5, 0.6) is 5.75 Å². The summed E-state index contributed by atoms with van der Waals surface area (Å²) in [6, 6.07) is 19.8. The van der Waals surface area contributed by atoms with Gasteiger partial charge in [0.05, 0.1) is 17.7 Å². The van der Waals surface area contributed by atoms with Gasteiger partial charge in [0.1, 0.15) is 5.75 Å². The van der Waals surface area contributed by atoms with Crippen LogP contribution in [0.15, 0.2) is 72.8 Å². The van der Waals surface area contributed by atoms with Gasteiger partial charge in [-0.05, 0) is 35.9 Å². The molecule has 3 amide bonds. The van der Waals surface area contributed by atoms with E-state index in [1.165, 1.54) is 24.3 Å². The van der Waals surface area contributed by atoms with Gasteiger partial charge < -0.3 is 15.2 Å². The maximum Gasteiger partial charge on any atom is 0.341 e. The third-order valence-electron chi connectivity index (χ3n) is 4.87. The first-order valence-corrected chi connectivity index (χ1v) is 9.72. The van der Waals surface area contributed by atoms with Gasteiger partial charge in [-0.1, -0.05) is 36.4 Å². The predicted molar refractivity (Wildman–Crippen MR) is 115 cm³/mol. The Morgan fingerprint density at radius 1 is 0.875 bits per heavy atom. The van der Waals surface area contributed by atoms with E-state index in [4.69, 9.17) is 9.84 Å². The zero-order valence-corrected chi connectivity index (χ0v) is 16.8. The average molecular weight is 430 g/mol. The number of carbonyl (C=O) groups excluding carboxylic acids is 3. The number of amides is 3. The van der Waals surface area contributed by atoms with Gasteiger partial charge in [0.2, 0.25) is 0 Å². The predicted octanol–water partition coefficient (Wildman–Crippen LogP) is 3.20. The van der Waals surface area contributed by atoms with Crippen LogP contribution in [0, 0.1) is 0 Å². The van der Waals surface area contributed by atoms with Crippen LogP contribution in [0.4, 0.5) is 5.69 Å². The Labute approximate surface area is 183 Å². The number of fused-ring (bicyclic) bond motifs is 1. The van der Waals surface area contributed by atoms with Crippen molar-refractivity contribution in [3.63, 3.8) is 0 Å². The number of carboxylic acids is 1. The average Bonchev–Trinajstić information content (AvgIpc) is 3.03. The van der Waals surface area contributed by atoms with E-state index in [0.29, 0.717) is 5.69 Å². The molecule has 3 aromatic rings. The van der Waals surface area contributed by atoms with Gasteiger partial charge in [0.15, 0.2) is 6.61 Å². The molecule has 3 aromatic carbocycles. The summed E-state index contributed by atoms with van der Waals surface area (Å²) in [6.07, 6.45) is 0. The molecule has 4 rings (SSSR count). The molecular formula is C24H18N2O6. The van der Waals surface area contributed by atoms with Crippen molar-refractivity contribution >= 4 is 29.4 Å². The summed E-state index contributed by atoms with van der Waals surface area (Å²) in [5, 5.41) is 11.4. The SMILES string of the molecule is O=C(O)COc1cccc(NC(=O)c2ccc3c(c2)C(=O)N(Cc2ccccc2)C3=O)c1. The molecule has 0 fully saturated rings. The first-order chi connectivity index (χ1) is 15.4. The highest BCUT2D eigenvalue weighted by atomic mass is 16.5. The smallest absolute Gasteiger partial charge is 0.341 e. The van der Waals surface area contributed by atoms with Crippen LogP contribution in [0.2, 0.25) is 0 Å². The minimum Gasteiger partial charge on any atom is -0.482 e. The van der Waals surface area contributed by atoms with Gasteiger partial charge in [-0.15, -0.1) is 0 Å². The first-order valence-electron chi connectivity index (χ1n) is 9.72. The second-order valence-corrected chi connectivity index (χ2v) is 7.11. The van der Waals surface area contributed by atoms with E-state index in [2.05, 4.69) is 5.32 Å². The van der Waals surface area contributed by atoms with Crippen LogP contribution in [0.25, 0.3) is 0 Å². The molecule has 0 unspecified atom stereocenters. The molecule has 0 bridgehead atoms. The van der Waals surface area contributed by atoms with Gasteiger partial charge in [-0.25, -0.2) is 4.79 Å². The number of aliphatic carboxylic acids is 1. The van der Waals surface area contributed by atoms with E-state index in [1.807, 2.05) is 30.3 Å². The molecule has 0 atom stereocenters. The second kappa shape index (κ2) is 8.73. The van der Waals surface area contributed by atoms with Crippen LogP contribution in [-0.2, 0) is 11.3 Å². The lowest BCUT2D eigenvalue weighted by Crippen LogP contribution is -2.29. The number of anilines is 1. The van der Waals surface area contributed by atoms with Crippen LogP contribution in [0.3, 0.4) is 0 Å². The molecule has 8 nitrogen and oxygen atoms in total. The molecule has 0 spiro atoms. The Morgan fingerprint density at radius 3 is 2.38 bits per heavy atom. The molecule has 1 aliphatic rings. The Bertz CT molecular complexity index is 1220. The number of rotatable bonds is 7. The minimum atomic E-state index is -1.11. The van der Waals surface area contributed by atoms with Crippen molar-refractivity contribution in [2.45, 2.75) is 6.54 Å². The normalized spacial score (nSPS) is 12.4. The first kappa shape index (κ1) is 20.8. The van der Waals surface area contributed by atoms with Crippen LogP contribution >= 0.6 is 0 Å². The van der Waals surface area contributed by atoms with Crippen molar-refractivity contribution in [1.82, 2.24) is 4.90 Å². The monoisotopic (exact) mass is 430 g/mol. The number of hydrogen-bond donors (Lipinski definition) is 2. The van der Waals surface area contributed by atoms with E-state index in [-0.39, 0.29) is 29.0 Å². The van der Waals surface area contributed by atoms with Crippen LogP contribution in [0.1, 0.15) is 36.6 Å². The van der Waals surface area contributed by atoms with Crippen molar-refractivity contribution in [2.24, 2.45) is 0 Å². The van der Waals surface area contributed by atoms with Crippen molar-refractivity contribution in [2.75, 3.05) is 11.9 Å². The highest BCUT2D eigenvalue weighted by Crippen LogP contribution is 2.26. The van der Waals surface area contributed by atoms with E-state index in [9.17, 15) is 19.2 Å². The van der Waals surface area contributed by atoms with Crippen molar-refractivity contribution < 1.29 is 29.0 Å². The summed E-state index contributed by atoms with van der Waals surface area (Å²) in [5.41, 5.74) is 1.86. The zero-order valence-electron chi connectivity index (χ0n) is 16.8. The fraction of sp³-hybridized carbons (Fsp3) is 0.0833. The molecule has 160 valence electrons. The summed E-state index contributed by atoms with van der Waals surface area (Å²) in [6.45, 7) is -0.351. The van der Waals surface area contributed by atoms with Crippen molar-refractivity contribution in [3.05, 3.63) is 95.1 Å². The van der Waals surface area contributed by atoms with Crippen molar-refractivity contribution in [3.8, 4) is 5.75 Å². The molecule has 8 heteroatoms. The number of nitrogens with one attached hydrogen (secondary N) is 1. The number of carboxylic acid groups (broad SMARTS) is 1. The Hall–Kier alpha value is -4.46. The number of nitrogens with zero attached hydrogens (tertiary/aromatic N) is 1. The quantitative estimate of drug-likeness (QED) is 0.557. The maximum atomic E-state index is 12.8. The van der Waals surface area contributed by atoms with Gasteiger partial charge in [0.25, 0.3) is 17.7 Å². The fourth-order valence-electron chi connectivity index (χ4n) is 3.35. The number of benzene rings is 3. The second-order valence-electron chi connectivity index (χ2n) is 7.11. The molecule has 1 aliphatic heterocycles. The Kier molecular flexibility index (Phi) is 5.67. The zero-order chi connectivity index (χ0) is 22.7. The van der Waals surface area contributed by atoms with Gasteiger partial charge >= 0.3 is 5.97 Å². The van der Waals surface area contributed by atoms with E-state index >= 15 is 0 Å². The maximum absolute atomic E-state index is 12.8. The molecule has 0 saturated carbocycles. The van der Waals surface area contributed by atoms with Gasteiger partial charge in [0, 0.05) is 17.3 Å². The molecule has 0 aliphatic carbocycles. The van der Waals surface area contributed by atoms with Crippen LogP contribution < -0.4 is 10.1 Å². The molecule has 32 heavy (non-hydrogen) atoms. The fourth-order valence-corrected chi connectivity index (χ4v) is 3.35. The lowest BCUT2D eigenvalue weighted by Gasteiger charge is -2.13. The lowest BCUT2D eigenvalue weighted by molar-refractivity contribution is -0.139. The summed E-state index contributed by atoms with van der Waals surface area (Å²) in [7, 11) is 0. The molecular weight excluding hydrogens is 412 g/mol. The molecule has 0 radical (unpaired) electrons. The highest BCUT2D eigenvalue weighted by molar-refractivity contribution is 6.22. The van der Waals surface area contributed by atoms with E-state index < -0.39 is 30.3 Å². The number of hydrogen-bond acceptors (Lipinski definition) is 5. The van der Waals surface area contributed by atoms with Gasteiger partial charge in [-0.3, -0.25) is 19.3 Å². The third kappa shape index (κ3) is 4.34. The summed E-state index contributed by atoms with van der Waals surface area (Å²) < 4.78 is 5.10. The van der Waals surface area contributed by atoms with E-state index in [0.717, 1.165) is 10.5 Å². The van der Waals surface area contributed by atoms with Crippen LogP contribution in [-0.4, -0.2) is 40.3 Å². The summed E-state index contributed by atoms with van der Waals surface area (Å²) in [5.74, 6) is -2.16. The summed E-state index contributed by atoms with van der Waals surface area (Å²) in [4.78, 5) is 50.0. The largest absolute Gasteiger partial charge is 0.482 e. The Morgan fingerprint density at radius 2 is 1.62 bits per heavy atom. The number of imide groups is 1. The molecule has 1 heterocycles. The Balaban J connectivity index is 1.50. The van der Waals surface area contributed by atoms with E-state index in [1.54, 1.807) is 18.2 Å². The topological polar surface area (TPSA) is 113 Å². The lowest BCUT2D eigenvalue weighted by atomic mass is 10.1. The number of carbonyl (C=O) groups is 4. The molecule has 0 saturated heterocycles. The van der Waals surface area contributed by atoms with Gasteiger partial charge in [-0.2, -0.15) is 0 Å². The summed E-state index contributed by atoms with van der Waals surface area (Å²) >= 11 is 0. The minimum absolute atomic E-state index is 0.151. The molecule has 2 N–H and O–H groups in total. The molecule has 0 aromatic heterocycles. The number of ether oxygens (including phenoxy) is 1. The standard InChI is InChI=1S/C24H18N2O6/c27-21(28)14-32-18-8-4-7-17(12-18)25-22(29)16-9-10-19-20(11-16)24(31)26(23(19)30)13-15-5-2-1-3-6-15/h1-12H,13-14H2,(H,25,29)(H,27,28). The van der Waals surface area contributed by atoms with Crippen molar-refractivity contribution in [1.29, 1.82) is 0 Å². The third-order valence-corrected chi connectivity index (χ3v) is 4.87. The highest BCUT2D eigenvalue weighted by Gasteiger charge is 2.36.